The summed E-state index contributed by atoms with van der Waals surface area (Å²) in [6, 6.07) is 17.2. The number of pyridine rings is 1. The third-order valence-electron chi connectivity index (χ3n) is 3.76. The Morgan fingerprint density at radius 2 is 1.92 bits per heavy atom. The Hall–Kier alpha value is -2.65. The van der Waals surface area contributed by atoms with Crippen LogP contribution in [-0.4, -0.2) is 10.9 Å². The topological polar surface area (TPSA) is 42.0 Å². The molecule has 3 nitrogen and oxygen atoms in total. The zero-order chi connectivity index (χ0) is 16.9. The minimum Gasteiger partial charge on any atom is -0.348 e. The number of carbonyl (C=O) groups is 1. The highest BCUT2D eigenvalue weighted by Crippen LogP contribution is 2.28. The SMILES string of the molecule is Cc1ccc(-c2ccc(C(=O)NCc3cccnc3)cc2)c(Cl)c1. The van der Waals surface area contributed by atoms with Crippen molar-refractivity contribution >= 4 is 17.5 Å². The maximum absolute atomic E-state index is 12.2. The molecule has 0 aliphatic carbocycles. The highest BCUT2D eigenvalue weighted by atomic mass is 35.5. The smallest absolute Gasteiger partial charge is 0.251 e. The van der Waals surface area contributed by atoms with Gasteiger partial charge < -0.3 is 5.32 Å². The number of hydrogen-bond acceptors (Lipinski definition) is 2. The van der Waals surface area contributed by atoms with E-state index in [0.717, 1.165) is 22.3 Å². The Morgan fingerprint density at radius 1 is 1.12 bits per heavy atom. The van der Waals surface area contributed by atoms with Gasteiger partial charge in [-0.2, -0.15) is 0 Å². The molecule has 24 heavy (non-hydrogen) atoms. The number of rotatable bonds is 4. The average Bonchev–Trinajstić information content (AvgIpc) is 2.61. The normalized spacial score (nSPS) is 10.4. The number of hydrogen-bond donors (Lipinski definition) is 1. The van der Waals surface area contributed by atoms with E-state index in [0.29, 0.717) is 17.1 Å². The highest BCUT2D eigenvalue weighted by Gasteiger charge is 2.08. The first-order valence-electron chi connectivity index (χ1n) is 7.67. The summed E-state index contributed by atoms with van der Waals surface area (Å²) >= 11 is 6.30. The van der Waals surface area contributed by atoms with Gasteiger partial charge >= 0.3 is 0 Å². The van der Waals surface area contributed by atoms with Crippen LogP contribution in [0.5, 0.6) is 0 Å². The van der Waals surface area contributed by atoms with Crippen molar-refractivity contribution in [1.29, 1.82) is 0 Å². The molecule has 3 rings (SSSR count). The fraction of sp³-hybridized carbons (Fsp3) is 0.100. The summed E-state index contributed by atoms with van der Waals surface area (Å²) in [6.07, 6.45) is 3.45. The molecule has 0 aliphatic rings. The van der Waals surface area contributed by atoms with Crippen LogP contribution in [-0.2, 0) is 6.54 Å². The summed E-state index contributed by atoms with van der Waals surface area (Å²) in [5.74, 6) is -0.111. The van der Waals surface area contributed by atoms with Gasteiger partial charge in [-0.1, -0.05) is 41.9 Å². The van der Waals surface area contributed by atoms with E-state index in [4.69, 9.17) is 11.6 Å². The summed E-state index contributed by atoms with van der Waals surface area (Å²) in [6.45, 7) is 2.46. The minimum absolute atomic E-state index is 0.111. The van der Waals surface area contributed by atoms with Gasteiger partial charge in [0.2, 0.25) is 0 Å². The van der Waals surface area contributed by atoms with Crippen molar-refractivity contribution in [2.45, 2.75) is 13.5 Å². The number of aryl methyl sites for hydroxylation is 1. The largest absolute Gasteiger partial charge is 0.348 e. The van der Waals surface area contributed by atoms with Crippen LogP contribution in [0.4, 0.5) is 0 Å². The minimum atomic E-state index is -0.111. The Kier molecular flexibility index (Phi) is 4.92. The number of carbonyl (C=O) groups excluding carboxylic acids is 1. The molecule has 0 aliphatic heterocycles. The van der Waals surface area contributed by atoms with Gasteiger partial charge in [0.25, 0.3) is 5.91 Å². The van der Waals surface area contributed by atoms with Crippen LogP contribution < -0.4 is 5.32 Å². The second kappa shape index (κ2) is 7.28. The Morgan fingerprint density at radius 3 is 2.58 bits per heavy atom. The van der Waals surface area contributed by atoms with Crippen LogP contribution in [0.3, 0.4) is 0 Å². The molecule has 0 atom stereocenters. The molecule has 0 spiro atoms. The maximum Gasteiger partial charge on any atom is 0.251 e. The fourth-order valence-corrected chi connectivity index (χ4v) is 2.79. The zero-order valence-electron chi connectivity index (χ0n) is 13.3. The molecule has 1 heterocycles. The van der Waals surface area contributed by atoms with Crippen LogP contribution in [0.15, 0.2) is 67.0 Å². The number of amides is 1. The molecule has 0 unspecified atom stereocenters. The summed E-state index contributed by atoms with van der Waals surface area (Å²) in [4.78, 5) is 16.3. The van der Waals surface area contributed by atoms with E-state index in [1.165, 1.54) is 0 Å². The molecule has 0 saturated heterocycles. The van der Waals surface area contributed by atoms with Crippen LogP contribution in [0.25, 0.3) is 11.1 Å². The monoisotopic (exact) mass is 336 g/mol. The second-order valence-corrected chi connectivity index (χ2v) is 6.01. The summed E-state index contributed by atoms with van der Waals surface area (Å²) in [5.41, 5.74) is 4.66. The van der Waals surface area contributed by atoms with Crippen LogP contribution in [0.2, 0.25) is 5.02 Å². The van der Waals surface area contributed by atoms with Crippen molar-refractivity contribution < 1.29 is 4.79 Å². The van der Waals surface area contributed by atoms with Crippen LogP contribution >= 0.6 is 11.6 Å². The molecule has 120 valence electrons. The third-order valence-corrected chi connectivity index (χ3v) is 4.07. The van der Waals surface area contributed by atoms with E-state index in [9.17, 15) is 4.79 Å². The van der Waals surface area contributed by atoms with Gasteiger partial charge in [-0.05, 0) is 47.9 Å². The lowest BCUT2D eigenvalue weighted by Crippen LogP contribution is -2.22. The summed E-state index contributed by atoms with van der Waals surface area (Å²) < 4.78 is 0. The average molecular weight is 337 g/mol. The van der Waals surface area contributed by atoms with Crippen molar-refractivity contribution in [1.82, 2.24) is 10.3 Å². The lowest BCUT2D eigenvalue weighted by Gasteiger charge is -2.08. The van der Waals surface area contributed by atoms with Crippen molar-refractivity contribution in [2.24, 2.45) is 0 Å². The molecule has 0 bridgehead atoms. The fourth-order valence-electron chi connectivity index (χ4n) is 2.44. The van der Waals surface area contributed by atoms with Crippen molar-refractivity contribution in [3.05, 3.63) is 88.7 Å². The molecular formula is C20H17ClN2O. The van der Waals surface area contributed by atoms with Crippen LogP contribution in [0.1, 0.15) is 21.5 Å². The molecule has 1 N–H and O–H groups in total. The van der Waals surface area contributed by atoms with E-state index in [1.807, 2.05) is 61.5 Å². The van der Waals surface area contributed by atoms with Crippen molar-refractivity contribution in [3.8, 4) is 11.1 Å². The number of nitrogens with one attached hydrogen (secondary N) is 1. The van der Waals surface area contributed by atoms with Gasteiger partial charge in [0.1, 0.15) is 0 Å². The second-order valence-electron chi connectivity index (χ2n) is 5.60. The molecular weight excluding hydrogens is 320 g/mol. The van der Waals surface area contributed by atoms with Crippen molar-refractivity contribution in [2.75, 3.05) is 0 Å². The molecule has 0 saturated carbocycles. The zero-order valence-corrected chi connectivity index (χ0v) is 14.0. The lowest BCUT2D eigenvalue weighted by atomic mass is 10.0. The Balaban J connectivity index is 1.71. The predicted octanol–water partition coefficient (Wildman–Crippen LogP) is 4.64. The third kappa shape index (κ3) is 3.81. The Labute approximate surface area is 146 Å². The summed E-state index contributed by atoms with van der Waals surface area (Å²) in [7, 11) is 0. The molecule has 0 fully saturated rings. The van der Waals surface area contributed by atoms with Gasteiger partial charge in [0.05, 0.1) is 0 Å². The number of benzene rings is 2. The lowest BCUT2D eigenvalue weighted by molar-refractivity contribution is 0.0951. The van der Waals surface area contributed by atoms with E-state index in [-0.39, 0.29) is 5.91 Å². The van der Waals surface area contributed by atoms with Gasteiger partial charge in [-0.25, -0.2) is 0 Å². The molecule has 1 amide bonds. The molecule has 1 aromatic heterocycles. The molecule has 3 aromatic rings. The first-order valence-corrected chi connectivity index (χ1v) is 8.05. The van der Waals surface area contributed by atoms with E-state index >= 15 is 0 Å². The standard InChI is InChI=1S/C20H17ClN2O/c1-14-4-9-18(19(21)11-14)16-5-7-17(8-6-16)20(24)23-13-15-3-2-10-22-12-15/h2-12H,13H2,1H3,(H,23,24). The molecule has 4 heteroatoms. The number of aromatic nitrogens is 1. The van der Waals surface area contributed by atoms with E-state index in [1.54, 1.807) is 12.4 Å². The van der Waals surface area contributed by atoms with E-state index in [2.05, 4.69) is 10.3 Å². The first kappa shape index (κ1) is 16.2. The summed E-state index contributed by atoms with van der Waals surface area (Å²) in [5, 5.41) is 3.60. The van der Waals surface area contributed by atoms with Crippen LogP contribution in [0, 0.1) is 6.92 Å². The van der Waals surface area contributed by atoms with Crippen molar-refractivity contribution in [3.63, 3.8) is 0 Å². The number of halogens is 1. The van der Waals surface area contributed by atoms with Gasteiger partial charge in [-0.3, -0.25) is 9.78 Å². The predicted molar refractivity (Wildman–Crippen MR) is 97.0 cm³/mol. The van der Waals surface area contributed by atoms with E-state index < -0.39 is 0 Å². The first-order chi connectivity index (χ1) is 11.6. The molecule has 2 aromatic carbocycles. The van der Waals surface area contributed by atoms with Gasteiger partial charge in [0.15, 0.2) is 0 Å². The van der Waals surface area contributed by atoms with Gasteiger partial charge in [-0.15, -0.1) is 0 Å². The molecule has 0 radical (unpaired) electrons. The Bertz CT molecular complexity index is 845. The quantitative estimate of drug-likeness (QED) is 0.754. The maximum atomic E-state index is 12.2. The highest BCUT2D eigenvalue weighted by molar-refractivity contribution is 6.33. The van der Waals surface area contributed by atoms with Gasteiger partial charge in [0, 0.05) is 35.1 Å². The number of nitrogens with zero attached hydrogens (tertiary/aromatic N) is 1.